The normalized spacial score (nSPS) is 34.0. The molecule has 0 bridgehead atoms. The van der Waals surface area contributed by atoms with Gasteiger partial charge in [-0.15, -0.1) is 0 Å². The summed E-state index contributed by atoms with van der Waals surface area (Å²) in [6, 6.07) is 0. The maximum Gasteiger partial charge on any atom is 0.192 e. The van der Waals surface area contributed by atoms with Crippen LogP contribution >= 0.6 is 0 Å². The van der Waals surface area contributed by atoms with Gasteiger partial charge in [-0.3, -0.25) is 0 Å². The molecule has 0 spiro atoms. The van der Waals surface area contributed by atoms with E-state index >= 15 is 0 Å². The third kappa shape index (κ3) is 6.96. The van der Waals surface area contributed by atoms with Gasteiger partial charge < -0.3 is 14.3 Å². The number of allylic oxidation sites excluding steroid dienone is 4. The first-order valence-electron chi connectivity index (χ1n) is 15.8. The van der Waals surface area contributed by atoms with Crippen LogP contribution < -0.4 is 0 Å². The molecule has 0 saturated heterocycles. The van der Waals surface area contributed by atoms with Crippen molar-refractivity contribution in [3.8, 4) is 0 Å². The molecule has 3 saturated carbocycles. The van der Waals surface area contributed by atoms with Crippen molar-refractivity contribution in [2.24, 2.45) is 29.1 Å². The Bertz CT molecular complexity index is 948. The van der Waals surface area contributed by atoms with Gasteiger partial charge in [0.1, 0.15) is 0 Å². The Hall–Kier alpha value is -0.466. The van der Waals surface area contributed by atoms with E-state index in [-0.39, 0.29) is 16.2 Å². The van der Waals surface area contributed by atoms with Gasteiger partial charge in [-0.05, 0) is 128 Å². The van der Waals surface area contributed by atoms with Crippen LogP contribution in [0.15, 0.2) is 35.5 Å². The molecule has 5 heteroatoms. The molecule has 224 valence electrons. The first kappa shape index (κ1) is 33.0. The van der Waals surface area contributed by atoms with E-state index in [2.05, 4.69) is 93.4 Å². The average Bonchev–Trinajstić information content (AvgIpc) is 3.15. The summed E-state index contributed by atoms with van der Waals surface area (Å²) in [4.78, 5) is 11.1. The molecule has 2 N–H and O–H groups in total. The van der Waals surface area contributed by atoms with E-state index in [9.17, 15) is 9.90 Å². The molecule has 3 nitrogen and oxygen atoms in total. The Morgan fingerprint density at radius 1 is 1.10 bits per heavy atom. The zero-order valence-corrected chi connectivity index (χ0v) is 29.4. The molecule has 39 heavy (non-hydrogen) atoms. The van der Waals surface area contributed by atoms with Crippen LogP contribution in [0, 0.1) is 29.1 Å². The Morgan fingerprint density at radius 3 is 2.31 bits per heavy atom. The second-order valence-electron chi connectivity index (χ2n) is 16.5. The SMILES string of the molecule is C=C1/C(=C\C=C2/CCC[C@@]3(C)C2CCC3[C@H](C)CO)C[C@@H](O[Si](C)(C)C(C)(C)C)C[C@@H]1CC(C)(C)[Si](C)(C)O. The Kier molecular flexibility index (Phi) is 9.88. The van der Waals surface area contributed by atoms with Crippen LogP contribution in [0.5, 0.6) is 0 Å². The quantitative estimate of drug-likeness (QED) is 0.284. The average molecular weight is 575 g/mol. The minimum Gasteiger partial charge on any atom is -0.432 e. The van der Waals surface area contributed by atoms with E-state index in [0.717, 1.165) is 19.3 Å². The minimum absolute atomic E-state index is 0.0868. The molecule has 0 aromatic carbocycles. The summed E-state index contributed by atoms with van der Waals surface area (Å²) in [7, 11) is -4.24. The van der Waals surface area contributed by atoms with Crippen LogP contribution in [0.3, 0.4) is 0 Å². The minimum atomic E-state index is -2.33. The second-order valence-corrected chi connectivity index (χ2v) is 25.7. The highest BCUT2D eigenvalue weighted by atomic mass is 28.4. The predicted molar refractivity (Wildman–Crippen MR) is 173 cm³/mol. The summed E-state index contributed by atoms with van der Waals surface area (Å²) in [5.41, 5.74) is 4.56. The topological polar surface area (TPSA) is 49.7 Å². The van der Waals surface area contributed by atoms with E-state index in [4.69, 9.17) is 4.43 Å². The first-order valence-corrected chi connectivity index (χ1v) is 21.7. The van der Waals surface area contributed by atoms with Crippen molar-refractivity contribution >= 4 is 16.6 Å². The smallest absolute Gasteiger partial charge is 0.192 e. The van der Waals surface area contributed by atoms with Crippen molar-refractivity contribution in [3.63, 3.8) is 0 Å². The monoisotopic (exact) mass is 574 g/mol. The molecule has 2 unspecified atom stereocenters. The summed E-state index contributed by atoms with van der Waals surface area (Å²) in [5.74, 6) is 1.97. The number of rotatable bonds is 8. The molecule has 3 rings (SSSR count). The lowest BCUT2D eigenvalue weighted by molar-refractivity contribution is 0.0690. The number of hydrogen-bond acceptors (Lipinski definition) is 3. The number of aliphatic hydroxyl groups excluding tert-OH is 1. The lowest BCUT2D eigenvalue weighted by Crippen LogP contribution is -2.46. The Labute approximate surface area is 243 Å². The van der Waals surface area contributed by atoms with Crippen molar-refractivity contribution in [2.45, 2.75) is 142 Å². The molecule has 0 aliphatic heterocycles. The third-order valence-corrected chi connectivity index (χ3v) is 20.1. The fourth-order valence-electron chi connectivity index (χ4n) is 7.66. The summed E-state index contributed by atoms with van der Waals surface area (Å²) >= 11 is 0. The van der Waals surface area contributed by atoms with Crippen LogP contribution in [-0.2, 0) is 4.43 Å². The molecular formula is C34H62O3Si2. The molecular weight excluding hydrogens is 513 g/mol. The summed E-state index contributed by atoms with van der Waals surface area (Å²) in [6.07, 6.45) is 14.2. The van der Waals surface area contributed by atoms with Gasteiger partial charge in [0.15, 0.2) is 16.6 Å². The summed E-state index contributed by atoms with van der Waals surface area (Å²) in [5, 5.41) is 10.0. The molecule has 0 aromatic heterocycles. The number of fused-ring (bicyclic) bond motifs is 1. The van der Waals surface area contributed by atoms with E-state index in [1.165, 1.54) is 43.3 Å². The molecule has 6 atom stereocenters. The zero-order chi connectivity index (χ0) is 29.6. The standard InChI is InChI=1S/C34H62O3Si2/c1-24(23-35)30-17-18-31-26(14-13-19-34(30,31)8)15-16-27-20-29(37-39(11,12)32(3,4)5)21-28(25(27)2)22-33(6,7)38(9,10)36/h15-16,24,28-31,35-36H,2,13-14,17-23H2,1,3-12H3/b26-15+,27-16-/t24-,28-,29-,30?,31?,34-/m1/s1. The number of hydrogen-bond donors (Lipinski definition) is 2. The lowest BCUT2D eigenvalue weighted by atomic mass is 9.61. The van der Waals surface area contributed by atoms with Crippen molar-refractivity contribution in [2.75, 3.05) is 6.61 Å². The summed E-state index contributed by atoms with van der Waals surface area (Å²) < 4.78 is 7.04. The highest BCUT2D eigenvalue weighted by Crippen LogP contribution is 2.59. The fraction of sp³-hybridized carbons (Fsp3) is 0.824. The van der Waals surface area contributed by atoms with Crippen LogP contribution in [0.25, 0.3) is 0 Å². The van der Waals surface area contributed by atoms with Crippen LogP contribution in [-0.4, -0.2) is 39.2 Å². The van der Waals surface area contributed by atoms with E-state index in [0.29, 0.717) is 35.7 Å². The molecule has 0 amide bonds. The van der Waals surface area contributed by atoms with Gasteiger partial charge in [0.05, 0.1) is 0 Å². The van der Waals surface area contributed by atoms with Crippen LogP contribution in [0.2, 0.25) is 36.3 Å². The Balaban J connectivity index is 1.93. The maximum absolute atomic E-state index is 11.1. The molecule has 3 aliphatic carbocycles. The zero-order valence-electron chi connectivity index (χ0n) is 27.4. The second kappa shape index (κ2) is 11.7. The highest BCUT2D eigenvalue weighted by molar-refractivity contribution is 6.74. The van der Waals surface area contributed by atoms with Gasteiger partial charge in [-0.25, -0.2) is 0 Å². The van der Waals surface area contributed by atoms with Gasteiger partial charge in [-0.1, -0.05) is 72.8 Å². The molecule has 0 radical (unpaired) electrons. The Morgan fingerprint density at radius 2 is 1.74 bits per heavy atom. The van der Waals surface area contributed by atoms with Gasteiger partial charge in [0.25, 0.3) is 0 Å². The molecule has 0 heterocycles. The van der Waals surface area contributed by atoms with Crippen molar-refractivity contribution in [3.05, 3.63) is 35.5 Å². The highest BCUT2D eigenvalue weighted by Gasteiger charge is 2.50. The van der Waals surface area contributed by atoms with E-state index in [1.807, 2.05) is 0 Å². The number of aliphatic hydroxyl groups is 1. The van der Waals surface area contributed by atoms with Crippen molar-refractivity contribution in [1.82, 2.24) is 0 Å². The fourth-order valence-corrected chi connectivity index (χ4v) is 9.77. The van der Waals surface area contributed by atoms with E-state index in [1.54, 1.807) is 5.57 Å². The van der Waals surface area contributed by atoms with Gasteiger partial charge >= 0.3 is 0 Å². The van der Waals surface area contributed by atoms with Crippen LogP contribution in [0.4, 0.5) is 0 Å². The van der Waals surface area contributed by atoms with Gasteiger partial charge in [0.2, 0.25) is 0 Å². The largest absolute Gasteiger partial charge is 0.432 e. The maximum atomic E-state index is 11.1. The first-order chi connectivity index (χ1) is 17.7. The lowest BCUT2D eigenvalue weighted by Gasteiger charge is -2.45. The van der Waals surface area contributed by atoms with Crippen molar-refractivity contribution < 1.29 is 14.3 Å². The molecule has 0 aromatic rings. The molecule has 3 aliphatic rings. The van der Waals surface area contributed by atoms with Gasteiger partial charge in [0, 0.05) is 12.7 Å². The third-order valence-electron chi connectivity index (χ3n) is 12.1. The van der Waals surface area contributed by atoms with Crippen LogP contribution in [0.1, 0.15) is 99.8 Å². The van der Waals surface area contributed by atoms with Gasteiger partial charge in [-0.2, -0.15) is 0 Å². The summed E-state index contributed by atoms with van der Waals surface area (Å²) in [6.45, 7) is 30.1. The van der Waals surface area contributed by atoms with E-state index < -0.39 is 16.6 Å². The van der Waals surface area contributed by atoms with Crippen molar-refractivity contribution in [1.29, 1.82) is 0 Å². The molecule has 3 fully saturated rings. The predicted octanol–water partition coefficient (Wildman–Crippen LogP) is 9.41.